The van der Waals surface area contributed by atoms with Crippen molar-refractivity contribution in [3.8, 4) is 5.75 Å². The number of urea groups is 1. The molecule has 1 heterocycles. The van der Waals surface area contributed by atoms with Crippen molar-refractivity contribution in [1.82, 2.24) is 10.2 Å². The van der Waals surface area contributed by atoms with Crippen molar-refractivity contribution in [3.05, 3.63) is 53.8 Å². The van der Waals surface area contributed by atoms with Gasteiger partial charge >= 0.3 is 6.03 Å². The Hall–Kier alpha value is -2.84. The van der Waals surface area contributed by atoms with Gasteiger partial charge in [-0.25, -0.2) is 9.18 Å². The molecule has 32 heavy (non-hydrogen) atoms. The lowest BCUT2D eigenvalue weighted by Gasteiger charge is -2.37. The lowest BCUT2D eigenvalue weighted by Crippen LogP contribution is -2.45. The summed E-state index contributed by atoms with van der Waals surface area (Å²) in [5, 5.41) is 5.60. The van der Waals surface area contributed by atoms with Crippen molar-refractivity contribution >= 4 is 17.4 Å². The van der Waals surface area contributed by atoms with Gasteiger partial charge in [-0.3, -0.25) is 0 Å². The number of carbonyl (C=O) groups is 1. The Morgan fingerprint density at radius 1 is 1.22 bits per heavy atom. The zero-order chi connectivity index (χ0) is 23.3. The number of benzene rings is 2. The second-order valence-electron chi connectivity index (χ2n) is 8.42. The number of morpholine rings is 1. The number of nitrogens with one attached hydrogen (secondary N) is 2. The Morgan fingerprint density at radius 2 is 1.94 bits per heavy atom. The van der Waals surface area contributed by atoms with Crippen molar-refractivity contribution in [2.75, 3.05) is 51.1 Å². The van der Waals surface area contributed by atoms with Crippen LogP contribution in [-0.4, -0.2) is 64.0 Å². The predicted octanol–water partition coefficient (Wildman–Crippen LogP) is 3.87. The van der Waals surface area contributed by atoms with Crippen LogP contribution in [0.25, 0.3) is 0 Å². The summed E-state index contributed by atoms with van der Waals surface area (Å²) in [6.45, 7) is 5.60. The van der Waals surface area contributed by atoms with Gasteiger partial charge in [-0.05, 0) is 63.8 Å². The molecular formula is C24H33FN4O3. The zero-order valence-corrected chi connectivity index (χ0v) is 19.4. The maximum Gasteiger partial charge on any atom is 0.319 e. The van der Waals surface area contributed by atoms with Crippen LogP contribution < -0.4 is 20.3 Å². The van der Waals surface area contributed by atoms with E-state index in [1.54, 1.807) is 19.2 Å². The topological polar surface area (TPSA) is 66.1 Å². The number of hydrogen-bond acceptors (Lipinski definition) is 5. The first-order valence-corrected chi connectivity index (χ1v) is 10.8. The molecule has 0 radical (unpaired) electrons. The monoisotopic (exact) mass is 444 g/mol. The van der Waals surface area contributed by atoms with E-state index in [0.717, 1.165) is 11.3 Å². The number of carbonyl (C=O) groups excluding carboxylic acids is 1. The Labute approximate surface area is 189 Å². The first-order valence-electron chi connectivity index (χ1n) is 10.8. The maximum atomic E-state index is 14.8. The van der Waals surface area contributed by atoms with Crippen LogP contribution in [0.3, 0.4) is 0 Å². The SMILES string of the molecule is COc1cccc(C(CNC(=O)Nc2ccc(N3CC(C)OC(C)C3)c(F)c2)N(C)C)c1. The molecule has 2 N–H and O–H groups in total. The Kier molecular flexibility index (Phi) is 7.93. The zero-order valence-electron chi connectivity index (χ0n) is 19.4. The average Bonchev–Trinajstić information content (AvgIpc) is 2.73. The molecule has 1 aliphatic rings. The van der Waals surface area contributed by atoms with Crippen LogP contribution in [-0.2, 0) is 4.74 Å². The van der Waals surface area contributed by atoms with E-state index >= 15 is 0 Å². The van der Waals surface area contributed by atoms with Gasteiger partial charge in [0.1, 0.15) is 11.6 Å². The molecule has 1 aliphatic heterocycles. The number of rotatable bonds is 7. The van der Waals surface area contributed by atoms with E-state index in [9.17, 15) is 9.18 Å². The molecule has 1 fully saturated rings. The molecule has 174 valence electrons. The van der Waals surface area contributed by atoms with Crippen molar-refractivity contribution in [2.45, 2.75) is 32.1 Å². The molecule has 0 saturated carbocycles. The second-order valence-corrected chi connectivity index (χ2v) is 8.42. The summed E-state index contributed by atoms with van der Waals surface area (Å²) in [5.74, 6) is 0.394. The fourth-order valence-corrected chi connectivity index (χ4v) is 4.03. The van der Waals surface area contributed by atoms with Crippen LogP contribution >= 0.6 is 0 Å². The van der Waals surface area contributed by atoms with Crippen LogP contribution in [0, 0.1) is 5.82 Å². The lowest BCUT2D eigenvalue weighted by atomic mass is 10.1. The molecule has 0 spiro atoms. The van der Waals surface area contributed by atoms with Crippen molar-refractivity contribution in [2.24, 2.45) is 0 Å². The summed E-state index contributed by atoms with van der Waals surface area (Å²) < 4.78 is 25.8. The molecule has 3 rings (SSSR count). The Bertz CT molecular complexity index is 914. The van der Waals surface area contributed by atoms with Crippen LogP contribution in [0.2, 0.25) is 0 Å². The molecule has 7 nitrogen and oxygen atoms in total. The summed E-state index contributed by atoms with van der Waals surface area (Å²) in [6.07, 6.45) is 0.0758. The second kappa shape index (κ2) is 10.7. The molecular weight excluding hydrogens is 411 g/mol. The van der Waals surface area contributed by atoms with Gasteiger partial charge in [-0.2, -0.15) is 0 Å². The normalized spacial score (nSPS) is 19.5. The van der Waals surface area contributed by atoms with Crippen LogP contribution in [0.4, 0.5) is 20.6 Å². The van der Waals surface area contributed by atoms with Crippen molar-refractivity contribution in [3.63, 3.8) is 0 Å². The molecule has 0 bridgehead atoms. The number of likely N-dealkylation sites (N-methyl/N-ethyl adjacent to an activating group) is 1. The summed E-state index contributed by atoms with van der Waals surface area (Å²) in [4.78, 5) is 16.5. The van der Waals surface area contributed by atoms with Crippen molar-refractivity contribution < 1.29 is 18.7 Å². The van der Waals surface area contributed by atoms with Gasteiger partial charge < -0.3 is 29.9 Å². The molecule has 2 aromatic rings. The number of nitrogens with zero attached hydrogens (tertiary/aromatic N) is 2. The molecule has 0 aliphatic carbocycles. The number of halogens is 1. The van der Waals surface area contributed by atoms with Gasteiger partial charge in [0.2, 0.25) is 0 Å². The minimum absolute atomic E-state index is 0.0379. The van der Waals surface area contributed by atoms with Crippen LogP contribution in [0.1, 0.15) is 25.5 Å². The highest BCUT2D eigenvalue weighted by molar-refractivity contribution is 5.89. The summed E-state index contributed by atoms with van der Waals surface area (Å²) in [5.41, 5.74) is 1.95. The number of methoxy groups -OCH3 is 1. The Morgan fingerprint density at radius 3 is 2.56 bits per heavy atom. The third-order valence-corrected chi connectivity index (χ3v) is 5.52. The van der Waals surface area contributed by atoms with E-state index < -0.39 is 0 Å². The fourth-order valence-electron chi connectivity index (χ4n) is 4.03. The minimum atomic E-state index is -0.388. The summed E-state index contributed by atoms with van der Waals surface area (Å²) >= 11 is 0. The van der Waals surface area contributed by atoms with Crippen LogP contribution in [0.15, 0.2) is 42.5 Å². The largest absolute Gasteiger partial charge is 0.497 e. The maximum absolute atomic E-state index is 14.8. The van der Waals surface area contributed by atoms with Gasteiger partial charge in [0.25, 0.3) is 0 Å². The highest BCUT2D eigenvalue weighted by Crippen LogP contribution is 2.26. The van der Waals surface area contributed by atoms with Crippen molar-refractivity contribution in [1.29, 1.82) is 0 Å². The van der Waals surface area contributed by atoms with Gasteiger partial charge in [-0.1, -0.05) is 12.1 Å². The summed E-state index contributed by atoms with van der Waals surface area (Å²) in [6, 6.07) is 12.1. The molecule has 3 unspecified atom stereocenters. The highest BCUT2D eigenvalue weighted by Gasteiger charge is 2.24. The van der Waals surface area contributed by atoms with Gasteiger partial charge in [0.05, 0.1) is 31.0 Å². The number of ether oxygens (including phenoxy) is 2. The molecule has 2 amide bonds. The molecule has 8 heteroatoms. The van der Waals surface area contributed by atoms with E-state index in [-0.39, 0.29) is 30.1 Å². The standard InChI is InChI=1S/C24H33FN4O3/c1-16-14-29(15-17(2)32-16)22-10-9-19(12-21(22)25)27-24(30)26-13-23(28(3)4)18-7-6-8-20(11-18)31-5/h6-12,16-17,23H,13-15H2,1-5H3,(H2,26,27,30). The molecule has 1 saturated heterocycles. The lowest BCUT2D eigenvalue weighted by molar-refractivity contribution is -0.00539. The number of amides is 2. The first kappa shape index (κ1) is 23.8. The minimum Gasteiger partial charge on any atom is -0.497 e. The van der Waals surface area contributed by atoms with E-state index in [4.69, 9.17) is 9.47 Å². The quantitative estimate of drug-likeness (QED) is 0.679. The average molecular weight is 445 g/mol. The number of anilines is 2. The molecule has 0 aromatic heterocycles. The number of hydrogen-bond donors (Lipinski definition) is 2. The van der Waals surface area contributed by atoms with Gasteiger partial charge in [0.15, 0.2) is 0 Å². The highest BCUT2D eigenvalue weighted by atomic mass is 19.1. The fraction of sp³-hybridized carbons (Fsp3) is 0.458. The third-order valence-electron chi connectivity index (χ3n) is 5.52. The van der Waals surface area contributed by atoms with E-state index in [0.29, 0.717) is 31.0 Å². The smallest absolute Gasteiger partial charge is 0.319 e. The van der Waals surface area contributed by atoms with E-state index in [1.807, 2.05) is 62.0 Å². The first-order chi connectivity index (χ1) is 15.3. The molecule has 3 atom stereocenters. The van der Waals surface area contributed by atoms with Gasteiger partial charge in [-0.15, -0.1) is 0 Å². The predicted molar refractivity (Wildman–Crippen MR) is 125 cm³/mol. The van der Waals surface area contributed by atoms with Gasteiger partial charge in [0, 0.05) is 25.3 Å². The summed E-state index contributed by atoms with van der Waals surface area (Å²) in [7, 11) is 5.52. The third kappa shape index (κ3) is 6.11. The van der Waals surface area contributed by atoms with E-state index in [1.165, 1.54) is 6.07 Å². The van der Waals surface area contributed by atoms with Crippen LogP contribution in [0.5, 0.6) is 5.75 Å². The molecule has 2 aromatic carbocycles. The van der Waals surface area contributed by atoms with E-state index in [2.05, 4.69) is 10.6 Å². The Balaban J connectivity index is 1.61.